The van der Waals surface area contributed by atoms with E-state index in [1.165, 1.54) is 6.92 Å². The lowest BCUT2D eigenvalue weighted by Crippen LogP contribution is -2.33. The van der Waals surface area contributed by atoms with Gasteiger partial charge in [0.1, 0.15) is 11.7 Å². The first-order chi connectivity index (χ1) is 11.5. The molecule has 1 aromatic rings. The van der Waals surface area contributed by atoms with Gasteiger partial charge in [0.25, 0.3) is 0 Å². The summed E-state index contributed by atoms with van der Waals surface area (Å²) in [5.41, 5.74) is 1.81. The van der Waals surface area contributed by atoms with Gasteiger partial charge < -0.3 is 9.47 Å². The number of hydrogen-bond acceptors (Lipinski definition) is 4. The van der Waals surface area contributed by atoms with E-state index in [0.717, 1.165) is 17.6 Å². The van der Waals surface area contributed by atoms with Crippen LogP contribution in [0.25, 0.3) is 6.08 Å². The Morgan fingerprint density at radius 3 is 2.67 bits per heavy atom. The maximum Gasteiger partial charge on any atom is 0.432 e. The third-order valence-corrected chi connectivity index (χ3v) is 4.54. The van der Waals surface area contributed by atoms with Crippen molar-refractivity contribution < 1.29 is 19.1 Å². The zero-order chi connectivity index (χ0) is 17.2. The quantitative estimate of drug-likeness (QED) is 0.618. The van der Waals surface area contributed by atoms with E-state index in [0.29, 0.717) is 17.4 Å². The third-order valence-electron chi connectivity index (χ3n) is 4.16. The number of imide groups is 1. The highest BCUT2D eigenvalue weighted by Gasteiger charge is 2.49. The molecule has 2 amide bonds. The summed E-state index contributed by atoms with van der Waals surface area (Å²) in [6.07, 6.45) is 5.98. The number of rotatable bonds is 3. The molecule has 0 radical (unpaired) electrons. The molecule has 2 unspecified atom stereocenters. The van der Waals surface area contributed by atoms with Crippen molar-refractivity contribution in [2.45, 2.75) is 31.5 Å². The van der Waals surface area contributed by atoms with Gasteiger partial charge in [-0.15, -0.1) is 0 Å². The zero-order valence-electron chi connectivity index (χ0n) is 13.3. The normalized spacial score (nSPS) is 25.4. The van der Waals surface area contributed by atoms with Crippen LogP contribution in [0.5, 0.6) is 0 Å². The first-order valence-electron chi connectivity index (χ1n) is 7.77. The summed E-state index contributed by atoms with van der Waals surface area (Å²) in [6.45, 7) is 1.87. The van der Waals surface area contributed by atoms with Gasteiger partial charge in [-0.1, -0.05) is 42.5 Å². The largest absolute Gasteiger partial charge is 0.441 e. The van der Waals surface area contributed by atoms with Crippen molar-refractivity contribution in [3.05, 3.63) is 53.6 Å². The molecule has 1 aliphatic carbocycles. The summed E-state index contributed by atoms with van der Waals surface area (Å²) in [7, 11) is 0. The standard InChI is InChI=1S/C18H18ClNO4/c1-13(21)20(19)17(22)24-16-9-10-18(12-23-18)15(11-16)8-7-14-5-3-2-4-6-14/h2-8,11,16H,9-10,12H2,1H3. The van der Waals surface area contributed by atoms with Gasteiger partial charge >= 0.3 is 6.09 Å². The van der Waals surface area contributed by atoms with Crippen LogP contribution in [0.3, 0.4) is 0 Å². The Bertz CT molecular complexity index is 694. The number of hydrogen-bond donors (Lipinski definition) is 0. The van der Waals surface area contributed by atoms with E-state index < -0.39 is 18.1 Å². The van der Waals surface area contributed by atoms with Crippen molar-refractivity contribution in [1.82, 2.24) is 4.42 Å². The highest BCUT2D eigenvalue weighted by Crippen LogP contribution is 2.44. The zero-order valence-corrected chi connectivity index (χ0v) is 14.0. The fourth-order valence-electron chi connectivity index (χ4n) is 2.71. The molecule has 3 rings (SSSR count). The molecule has 0 N–H and O–H groups in total. The summed E-state index contributed by atoms with van der Waals surface area (Å²) in [5, 5.41) is 0. The number of halogens is 1. The minimum atomic E-state index is -0.857. The van der Waals surface area contributed by atoms with Crippen molar-refractivity contribution in [2.75, 3.05) is 6.61 Å². The molecule has 1 saturated heterocycles. The van der Waals surface area contributed by atoms with Gasteiger partial charge in [-0.25, -0.2) is 4.79 Å². The van der Waals surface area contributed by atoms with Crippen molar-refractivity contribution in [2.24, 2.45) is 0 Å². The molecule has 1 heterocycles. The molecule has 1 aliphatic heterocycles. The number of epoxide rings is 1. The number of amides is 2. The molecule has 1 spiro atoms. The van der Waals surface area contributed by atoms with Crippen molar-refractivity contribution >= 4 is 29.9 Å². The second-order valence-corrected chi connectivity index (χ2v) is 6.25. The Morgan fingerprint density at radius 1 is 1.33 bits per heavy atom. The van der Waals surface area contributed by atoms with Crippen LogP contribution in [0.2, 0.25) is 0 Å². The van der Waals surface area contributed by atoms with E-state index in [2.05, 4.69) is 0 Å². The summed E-state index contributed by atoms with van der Waals surface area (Å²) in [5.74, 6) is -0.576. The SMILES string of the molecule is CC(=O)N(Cl)C(=O)OC1C=C(C=Cc2ccccc2)C2(CC1)CO2. The minimum absolute atomic E-state index is 0.255. The number of benzene rings is 1. The fraction of sp³-hybridized carbons (Fsp3) is 0.333. The van der Waals surface area contributed by atoms with E-state index in [-0.39, 0.29) is 5.60 Å². The van der Waals surface area contributed by atoms with E-state index >= 15 is 0 Å². The predicted molar refractivity (Wildman–Crippen MR) is 90.1 cm³/mol. The molecule has 0 aromatic heterocycles. The molecular weight excluding hydrogens is 330 g/mol. The lowest BCUT2D eigenvalue weighted by atomic mass is 9.86. The topological polar surface area (TPSA) is 59.1 Å². The molecule has 0 bridgehead atoms. The van der Waals surface area contributed by atoms with Gasteiger partial charge in [-0.05, 0) is 30.1 Å². The van der Waals surface area contributed by atoms with Crippen molar-refractivity contribution in [1.29, 1.82) is 0 Å². The predicted octanol–water partition coefficient (Wildman–Crippen LogP) is 3.70. The molecule has 0 saturated carbocycles. The van der Waals surface area contributed by atoms with Crippen LogP contribution >= 0.6 is 11.8 Å². The first-order valence-corrected chi connectivity index (χ1v) is 8.10. The second kappa shape index (κ2) is 6.79. The summed E-state index contributed by atoms with van der Waals surface area (Å²) >= 11 is 5.58. The van der Waals surface area contributed by atoms with Crippen LogP contribution in [0.1, 0.15) is 25.3 Å². The molecule has 5 nitrogen and oxygen atoms in total. The number of ether oxygens (including phenoxy) is 2. The number of carbonyl (C=O) groups excluding carboxylic acids is 2. The maximum absolute atomic E-state index is 11.8. The Labute approximate surface area is 145 Å². The van der Waals surface area contributed by atoms with Crippen molar-refractivity contribution in [3.8, 4) is 0 Å². The van der Waals surface area contributed by atoms with E-state index in [9.17, 15) is 9.59 Å². The third kappa shape index (κ3) is 3.68. The van der Waals surface area contributed by atoms with Crippen LogP contribution in [-0.4, -0.2) is 34.7 Å². The first kappa shape index (κ1) is 16.7. The van der Waals surface area contributed by atoms with E-state index in [4.69, 9.17) is 21.3 Å². The summed E-state index contributed by atoms with van der Waals surface area (Å²) in [6, 6.07) is 9.93. The van der Waals surface area contributed by atoms with Crippen molar-refractivity contribution in [3.63, 3.8) is 0 Å². The molecule has 1 aromatic carbocycles. The number of carbonyl (C=O) groups is 2. The van der Waals surface area contributed by atoms with E-state index in [1.807, 2.05) is 48.6 Å². The number of nitrogens with zero attached hydrogens (tertiary/aromatic N) is 1. The highest BCUT2D eigenvalue weighted by atomic mass is 35.5. The fourth-order valence-corrected chi connectivity index (χ4v) is 2.75. The van der Waals surface area contributed by atoms with Gasteiger partial charge in [0.15, 0.2) is 0 Å². The molecule has 2 aliphatic rings. The Hall–Kier alpha value is -2.11. The monoisotopic (exact) mass is 347 g/mol. The maximum atomic E-state index is 11.8. The Balaban J connectivity index is 1.73. The van der Waals surface area contributed by atoms with Crippen LogP contribution in [0.4, 0.5) is 4.79 Å². The average Bonchev–Trinajstić information content (AvgIpc) is 3.36. The molecule has 1 fully saturated rings. The van der Waals surface area contributed by atoms with E-state index in [1.54, 1.807) is 0 Å². The summed E-state index contributed by atoms with van der Waals surface area (Å²) in [4.78, 5) is 22.9. The van der Waals surface area contributed by atoms with Gasteiger partial charge in [-0.2, -0.15) is 4.42 Å². The molecular formula is C18H18ClNO4. The minimum Gasteiger partial charge on any atom is -0.441 e. The lowest BCUT2D eigenvalue weighted by Gasteiger charge is -2.25. The Kier molecular flexibility index (Phi) is 4.73. The highest BCUT2D eigenvalue weighted by molar-refractivity contribution is 6.28. The molecule has 2 atom stereocenters. The van der Waals surface area contributed by atoms with Crippen LogP contribution in [-0.2, 0) is 14.3 Å². The van der Waals surface area contributed by atoms with Crippen LogP contribution in [0.15, 0.2) is 48.1 Å². The van der Waals surface area contributed by atoms with Gasteiger partial charge in [0.05, 0.1) is 6.61 Å². The second-order valence-electron chi connectivity index (χ2n) is 5.91. The smallest absolute Gasteiger partial charge is 0.432 e. The van der Waals surface area contributed by atoms with Crippen LogP contribution < -0.4 is 0 Å². The Morgan fingerprint density at radius 2 is 2.04 bits per heavy atom. The van der Waals surface area contributed by atoms with Gasteiger partial charge in [-0.3, -0.25) is 4.79 Å². The van der Waals surface area contributed by atoms with Crippen LogP contribution in [0, 0.1) is 0 Å². The van der Waals surface area contributed by atoms with Gasteiger partial charge in [0.2, 0.25) is 5.91 Å². The molecule has 6 heteroatoms. The average molecular weight is 348 g/mol. The lowest BCUT2D eigenvalue weighted by molar-refractivity contribution is -0.123. The molecule has 126 valence electrons. The summed E-state index contributed by atoms with van der Waals surface area (Å²) < 4.78 is 11.4. The molecule has 24 heavy (non-hydrogen) atoms. The van der Waals surface area contributed by atoms with Gasteiger partial charge in [0, 0.05) is 18.7 Å².